The first-order chi connectivity index (χ1) is 9.20. The van der Waals surface area contributed by atoms with Crippen molar-refractivity contribution in [2.75, 3.05) is 5.75 Å². The van der Waals surface area contributed by atoms with E-state index >= 15 is 0 Å². The molecule has 1 atom stereocenters. The molecule has 19 heavy (non-hydrogen) atoms. The van der Waals surface area contributed by atoms with Crippen LogP contribution < -0.4 is 4.74 Å². The van der Waals surface area contributed by atoms with Crippen LogP contribution in [0.1, 0.15) is 11.1 Å². The monoisotopic (exact) mass is 290 g/mol. The molecule has 0 saturated heterocycles. The Balaban J connectivity index is 1.60. The molecule has 0 fully saturated rings. The number of thioether (sulfide) groups is 1. The Morgan fingerprint density at radius 1 is 1.21 bits per heavy atom. The molecule has 0 radical (unpaired) electrons. The van der Waals surface area contributed by atoms with Gasteiger partial charge in [-0.05, 0) is 42.8 Å². The van der Waals surface area contributed by atoms with E-state index in [1.165, 1.54) is 16.0 Å². The lowest BCUT2D eigenvalue weighted by Gasteiger charge is -2.10. The normalized spacial score (nSPS) is 17.1. The molecule has 0 bridgehead atoms. The lowest BCUT2D eigenvalue weighted by atomic mass is 10.1. The Labute approximate surface area is 122 Å². The molecule has 98 valence electrons. The molecule has 0 aliphatic carbocycles. The summed E-state index contributed by atoms with van der Waals surface area (Å²) >= 11 is 7.84. The van der Waals surface area contributed by atoms with Crippen LogP contribution in [0.3, 0.4) is 0 Å². The van der Waals surface area contributed by atoms with Crippen molar-refractivity contribution in [3.8, 4) is 5.75 Å². The summed E-state index contributed by atoms with van der Waals surface area (Å²) in [6.45, 7) is 2.11. The average Bonchev–Trinajstić information content (AvgIpc) is 2.80. The highest BCUT2D eigenvalue weighted by molar-refractivity contribution is 7.99. The van der Waals surface area contributed by atoms with E-state index < -0.39 is 0 Å². The molecule has 0 aromatic heterocycles. The molecule has 0 spiro atoms. The van der Waals surface area contributed by atoms with Gasteiger partial charge in [0.15, 0.2) is 0 Å². The molecule has 3 rings (SSSR count). The summed E-state index contributed by atoms with van der Waals surface area (Å²) < 4.78 is 5.93. The molecule has 0 amide bonds. The van der Waals surface area contributed by atoms with Gasteiger partial charge in [-0.3, -0.25) is 0 Å². The van der Waals surface area contributed by atoms with Crippen LogP contribution in [-0.2, 0) is 6.42 Å². The zero-order valence-corrected chi connectivity index (χ0v) is 12.3. The molecule has 2 aromatic carbocycles. The quantitative estimate of drug-likeness (QED) is 0.755. The van der Waals surface area contributed by atoms with Gasteiger partial charge in [-0.15, -0.1) is 11.8 Å². The van der Waals surface area contributed by atoms with Crippen molar-refractivity contribution in [2.24, 2.45) is 0 Å². The fourth-order valence-corrected chi connectivity index (χ4v) is 3.29. The molecule has 1 nitrogen and oxygen atoms in total. The summed E-state index contributed by atoms with van der Waals surface area (Å²) in [6.07, 6.45) is 1.20. The average molecular weight is 291 g/mol. The van der Waals surface area contributed by atoms with E-state index in [2.05, 4.69) is 31.2 Å². The molecule has 1 aliphatic heterocycles. The van der Waals surface area contributed by atoms with Crippen LogP contribution in [0, 0.1) is 6.92 Å². The summed E-state index contributed by atoms with van der Waals surface area (Å²) in [5.74, 6) is 1.95. The molecule has 2 aromatic rings. The number of rotatable bonds is 3. The highest BCUT2D eigenvalue weighted by Gasteiger charge is 2.22. The summed E-state index contributed by atoms with van der Waals surface area (Å²) in [4.78, 5) is 1.29. The molecule has 3 heteroatoms. The minimum Gasteiger partial charge on any atom is -0.489 e. The van der Waals surface area contributed by atoms with E-state index in [1.807, 2.05) is 30.0 Å². The zero-order valence-electron chi connectivity index (χ0n) is 10.7. The van der Waals surface area contributed by atoms with E-state index in [0.29, 0.717) is 0 Å². The number of hydrogen-bond acceptors (Lipinski definition) is 2. The third-order valence-electron chi connectivity index (χ3n) is 3.22. The van der Waals surface area contributed by atoms with Crippen molar-refractivity contribution < 1.29 is 4.74 Å². The van der Waals surface area contributed by atoms with Gasteiger partial charge < -0.3 is 4.74 Å². The molecule has 0 saturated carbocycles. The van der Waals surface area contributed by atoms with Crippen LogP contribution in [0.2, 0.25) is 5.02 Å². The number of ether oxygens (including phenoxy) is 1. The number of aryl methyl sites for hydroxylation is 1. The SMILES string of the molecule is Cc1ccc(SCC2Cc3cc(Cl)ccc3O2)cc1. The van der Waals surface area contributed by atoms with E-state index in [-0.39, 0.29) is 6.10 Å². The first-order valence-electron chi connectivity index (χ1n) is 6.35. The van der Waals surface area contributed by atoms with E-state index in [4.69, 9.17) is 16.3 Å². The molecule has 0 N–H and O–H groups in total. The Morgan fingerprint density at radius 3 is 2.79 bits per heavy atom. The fourth-order valence-electron chi connectivity index (χ4n) is 2.21. The van der Waals surface area contributed by atoms with Crippen molar-refractivity contribution in [1.29, 1.82) is 0 Å². The molecule has 1 heterocycles. The summed E-state index contributed by atoms with van der Waals surface area (Å²) in [5.41, 5.74) is 2.52. The molecule has 1 aliphatic rings. The van der Waals surface area contributed by atoms with Gasteiger partial charge in [-0.2, -0.15) is 0 Å². The van der Waals surface area contributed by atoms with Crippen LogP contribution in [-0.4, -0.2) is 11.9 Å². The van der Waals surface area contributed by atoms with E-state index in [1.54, 1.807) is 0 Å². The number of hydrogen-bond donors (Lipinski definition) is 0. The first-order valence-corrected chi connectivity index (χ1v) is 7.71. The van der Waals surface area contributed by atoms with Crippen LogP contribution in [0.25, 0.3) is 0 Å². The van der Waals surface area contributed by atoms with Crippen molar-refractivity contribution in [2.45, 2.75) is 24.3 Å². The maximum Gasteiger partial charge on any atom is 0.123 e. The topological polar surface area (TPSA) is 9.23 Å². The minimum absolute atomic E-state index is 0.250. The fraction of sp³-hybridized carbons (Fsp3) is 0.250. The standard InChI is InChI=1S/C16H15ClOS/c1-11-2-5-15(6-3-11)19-10-14-9-12-8-13(17)4-7-16(12)18-14/h2-8,14H,9-10H2,1H3. The number of benzene rings is 2. The summed E-state index contributed by atoms with van der Waals surface area (Å²) in [7, 11) is 0. The second-order valence-electron chi connectivity index (χ2n) is 4.82. The Morgan fingerprint density at radius 2 is 2.00 bits per heavy atom. The van der Waals surface area contributed by atoms with Gasteiger partial charge >= 0.3 is 0 Å². The third-order valence-corrected chi connectivity index (χ3v) is 4.60. The Hall–Kier alpha value is -1.12. The Kier molecular flexibility index (Phi) is 3.72. The maximum absolute atomic E-state index is 6.00. The van der Waals surface area contributed by atoms with Gasteiger partial charge in [0, 0.05) is 22.1 Å². The minimum atomic E-state index is 0.250. The molecular weight excluding hydrogens is 276 g/mol. The van der Waals surface area contributed by atoms with Crippen LogP contribution >= 0.6 is 23.4 Å². The third kappa shape index (κ3) is 3.07. The summed E-state index contributed by atoms with van der Waals surface area (Å²) in [5, 5.41) is 0.786. The second kappa shape index (κ2) is 5.48. The van der Waals surface area contributed by atoms with Crippen LogP contribution in [0.5, 0.6) is 5.75 Å². The van der Waals surface area contributed by atoms with Gasteiger partial charge in [0.05, 0.1) is 0 Å². The highest BCUT2D eigenvalue weighted by atomic mass is 35.5. The van der Waals surface area contributed by atoms with Gasteiger partial charge in [0.1, 0.15) is 11.9 Å². The van der Waals surface area contributed by atoms with Crippen molar-refractivity contribution >= 4 is 23.4 Å². The lowest BCUT2D eigenvalue weighted by molar-refractivity contribution is 0.259. The number of halogens is 1. The zero-order chi connectivity index (χ0) is 13.2. The van der Waals surface area contributed by atoms with Gasteiger partial charge in [0.25, 0.3) is 0 Å². The predicted molar refractivity (Wildman–Crippen MR) is 81.5 cm³/mol. The summed E-state index contributed by atoms with van der Waals surface area (Å²) in [6, 6.07) is 14.5. The first kappa shape index (κ1) is 12.9. The lowest BCUT2D eigenvalue weighted by Crippen LogP contribution is -2.15. The largest absolute Gasteiger partial charge is 0.489 e. The van der Waals surface area contributed by atoms with Crippen molar-refractivity contribution in [1.82, 2.24) is 0 Å². The molecular formula is C16H15ClOS. The number of fused-ring (bicyclic) bond motifs is 1. The van der Waals surface area contributed by atoms with Gasteiger partial charge in [0.2, 0.25) is 0 Å². The van der Waals surface area contributed by atoms with E-state index in [0.717, 1.165) is 22.9 Å². The molecule has 1 unspecified atom stereocenters. The van der Waals surface area contributed by atoms with E-state index in [9.17, 15) is 0 Å². The van der Waals surface area contributed by atoms with Gasteiger partial charge in [-0.25, -0.2) is 0 Å². The van der Waals surface area contributed by atoms with Crippen LogP contribution in [0.15, 0.2) is 47.4 Å². The van der Waals surface area contributed by atoms with Crippen LogP contribution in [0.4, 0.5) is 0 Å². The smallest absolute Gasteiger partial charge is 0.123 e. The Bertz CT molecular complexity index is 580. The van der Waals surface area contributed by atoms with Crippen molar-refractivity contribution in [3.05, 3.63) is 58.6 Å². The van der Waals surface area contributed by atoms with Crippen molar-refractivity contribution in [3.63, 3.8) is 0 Å². The van der Waals surface area contributed by atoms with Gasteiger partial charge in [-0.1, -0.05) is 29.3 Å². The highest BCUT2D eigenvalue weighted by Crippen LogP contribution is 2.33. The maximum atomic E-state index is 6.00. The second-order valence-corrected chi connectivity index (χ2v) is 6.35. The predicted octanol–water partition coefficient (Wildman–Crippen LogP) is 4.74.